The van der Waals surface area contributed by atoms with Gasteiger partial charge in [0.1, 0.15) is 0 Å². The number of hydrogen-bond acceptors (Lipinski definition) is 5. The van der Waals surface area contributed by atoms with E-state index in [4.69, 9.17) is 4.74 Å². The molecule has 6 heteroatoms. The summed E-state index contributed by atoms with van der Waals surface area (Å²) in [4.78, 5) is 0. The SMILES string of the molecule is CCNC(C)c1nnnn1C1CCOC(C)C1. The van der Waals surface area contributed by atoms with Gasteiger partial charge in [-0.2, -0.15) is 0 Å². The van der Waals surface area contributed by atoms with Crippen LogP contribution in [0.3, 0.4) is 0 Å². The molecule has 17 heavy (non-hydrogen) atoms. The van der Waals surface area contributed by atoms with Gasteiger partial charge in [0.05, 0.1) is 18.2 Å². The molecule has 0 aromatic carbocycles. The molecule has 3 atom stereocenters. The van der Waals surface area contributed by atoms with E-state index >= 15 is 0 Å². The van der Waals surface area contributed by atoms with Crippen LogP contribution in [0, 0.1) is 0 Å². The number of nitrogens with zero attached hydrogens (tertiary/aromatic N) is 4. The highest BCUT2D eigenvalue weighted by Crippen LogP contribution is 2.26. The van der Waals surface area contributed by atoms with Crippen LogP contribution in [-0.4, -0.2) is 39.5 Å². The van der Waals surface area contributed by atoms with Gasteiger partial charge in [-0.15, -0.1) is 5.10 Å². The van der Waals surface area contributed by atoms with Crippen LogP contribution in [0.15, 0.2) is 0 Å². The molecule has 2 rings (SSSR count). The monoisotopic (exact) mass is 239 g/mol. The minimum atomic E-state index is 0.188. The van der Waals surface area contributed by atoms with Crippen molar-refractivity contribution in [1.29, 1.82) is 0 Å². The molecule has 1 fully saturated rings. The summed E-state index contributed by atoms with van der Waals surface area (Å²) in [5.74, 6) is 0.922. The zero-order chi connectivity index (χ0) is 12.3. The van der Waals surface area contributed by atoms with Crippen LogP contribution in [-0.2, 0) is 4.74 Å². The Morgan fingerprint density at radius 3 is 3.12 bits per heavy atom. The Balaban J connectivity index is 2.12. The van der Waals surface area contributed by atoms with Gasteiger partial charge in [0.2, 0.25) is 0 Å². The highest BCUT2D eigenvalue weighted by atomic mass is 16.5. The Bertz CT molecular complexity index is 353. The molecular weight excluding hydrogens is 218 g/mol. The van der Waals surface area contributed by atoms with Gasteiger partial charge in [0.25, 0.3) is 0 Å². The second-order valence-corrected chi connectivity index (χ2v) is 4.62. The standard InChI is InChI=1S/C11H21N5O/c1-4-12-9(3)11-13-14-15-16(11)10-5-6-17-8(2)7-10/h8-10,12H,4-7H2,1-3H3. The quantitative estimate of drug-likeness (QED) is 0.852. The van der Waals surface area contributed by atoms with Crippen molar-refractivity contribution in [2.24, 2.45) is 0 Å². The number of nitrogens with one attached hydrogen (secondary N) is 1. The molecule has 0 saturated carbocycles. The smallest absolute Gasteiger partial charge is 0.168 e. The van der Waals surface area contributed by atoms with Crippen molar-refractivity contribution in [3.8, 4) is 0 Å². The minimum Gasteiger partial charge on any atom is -0.378 e. The van der Waals surface area contributed by atoms with Gasteiger partial charge in [-0.1, -0.05) is 6.92 Å². The summed E-state index contributed by atoms with van der Waals surface area (Å²) in [5, 5.41) is 15.4. The highest BCUT2D eigenvalue weighted by Gasteiger charge is 2.25. The van der Waals surface area contributed by atoms with Crippen molar-refractivity contribution in [2.75, 3.05) is 13.2 Å². The van der Waals surface area contributed by atoms with Crippen LogP contribution in [0.2, 0.25) is 0 Å². The molecule has 1 aliphatic heterocycles. The largest absolute Gasteiger partial charge is 0.378 e. The molecule has 1 saturated heterocycles. The van der Waals surface area contributed by atoms with E-state index in [-0.39, 0.29) is 6.04 Å². The second kappa shape index (κ2) is 5.55. The molecule has 0 amide bonds. The van der Waals surface area contributed by atoms with E-state index in [2.05, 4.69) is 41.6 Å². The van der Waals surface area contributed by atoms with Crippen LogP contribution in [0.4, 0.5) is 0 Å². The third-order valence-electron chi connectivity index (χ3n) is 3.22. The number of tetrazole rings is 1. The van der Waals surface area contributed by atoms with Gasteiger partial charge in [-0.25, -0.2) is 4.68 Å². The maximum atomic E-state index is 5.56. The Labute approximate surface area is 102 Å². The summed E-state index contributed by atoms with van der Waals surface area (Å²) in [5.41, 5.74) is 0. The van der Waals surface area contributed by atoms with E-state index in [1.807, 2.05) is 4.68 Å². The topological polar surface area (TPSA) is 64.9 Å². The maximum absolute atomic E-state index is 5.56. The van der Waals surface area contributed by atoms with Gasteiger partial charge in [0, 0.05) is 6.61 Å². The predicted octanol–water partition coefficient (Wildman–Crippen LogP) is 1.08. The first-order chi connectivity index (χ1) is 8.22. The summed E-state index contributed by atoms with van der Waals surface area (Å²) in [7, 11) is 0. The van der Waals surface area contributed by atoms with Crippen molar-refractivity contribution in [3.05, 3.63) is 5.82 Å². The third-order valence-corrected chi connectivity index (χ3v) is 3.22. The van der Waals surface area contributed by atoms with Gasteiger partial charge in [-0.3, -0.25) is 0 Å². The first-order valence-electron chi connectivity index (χ1n) is 6.35. The Kier molecular flexibility index (Phi) is 4.06. The lowest BCUT2D eigenvalue weighted by Crippen LogP contribution is -2.29. The molecule has 1 aromatic heterocycles. The van der Waals surface area contributed by atoms with Crippen LogP contribution in [0.1, 0.15) is 51.5 Å². The highest BCUT2D eigenvalue weighted by molar-refractivity contribution is 4.92. The number of ether oxygens (including phenoxy) is 1. The van der Waals surface area contributed by atoms with Crippen LogP contribution >= 0.6 is 0 Å². The fourth-order valence-corrected chi connectivity index (χ4v) is 2.34. The van der Waals surface area contributed by atoms with Crippen LogP contribution in [0.5, 0.6) is 0 Å². The Morgan fingerprint density at radius 2 is 2.41 bits per heavy atom. The molecule has 0 radical (unpaired) electrons. The molecule has 2 heterocycles. The molecule has 3 unspecified atom stereocenters. The Morgan fingerprint density at radius 1 is 1.59 bits per heavy atom. The predicted molar refractivity (Wildman–Crippen MR) is 63.6 cm³/mol. The Hall–Kier alpha value is -1.01. The summed E-state index contributed by atoms with van der Waals surface area (Å²) in [6, 6.07) is 0.554. The maximum Gasteiger partial charge on any atom is 0.168 e. The summed E-state index contributed by atoms with van der Waals surface area (Å²) in [6.45, 7) is 7.98. The van der Waals surface area contributed by atoms with E-state index in [9.17, 15) is 0 Å². The van der Waals surface area contributed by atoms with Crippen molar-refractivity contribution < 1.29 is 4.74 Å². The van der Waals surface area contributed by atoms with E-state index in [1.54, 1.807) is 0 Å². The van der Waals surface area contributed by atoms with Gasteiger partial charge in [0.15, 0.2) is 5.82 Å². The van der Waals surface area contributed by atoms with Crippen molar-refractivity contribution >= 4 is 0 Å². The number of rotatable bonds is 4. The normalized spacial score (nSPS) is 27.0. The van der Waals surface area contributed by atoms with Crippen LogP contribution < -0.4 is 5.32 Å². The average Bonchev–Trinajstić information content (AvgIpc) is 2.78. The molecule has 0 spiro atoms. The summed E-state index contributed by atoms with van der Waals surface area (Å²) >= 11 is 0. The molecule has 1 N–H and O–H groups in total. The molecule has 6 nitrogen and oxygen atoms in total. The molecule has 96 valence electrons. The van der Waals surface area contributed by atoms with E-state index in [1.165, 1.54) is 0 Å². The fourth-order valence-electron chi connectivity index (χ4n) is 2.34. The molecule has 1 aliphatic rings. The van der Waals surface area contributed by atoms with E-state index in [0.29, 0.717) is 12.1 Å². The zero-order valence-electron chi connectivity index (χ0n) is 10.8. The van der Waals surface area contributed by atoms with Gasteiger partial charge in [-0.05, 0) is 43.7 Å². The van der Waals surface area contributed by atoms with Crippen molar-refractivity contribution in [2.45, 2.75) is 51.8 Å². The zero-order valence-corrected chi connectivity index (χ0v) is 10.8. The lowest BCUT2D eigenvalue weighted by molar-refractivity contribution is 0.00227. The van der Waals surface area contributed by atoms with E-state index in [0.717, 1.165) is 31.8 Å². The fraction of sp³-hybridized carbons (Fsp3) is 0.909. The van der Waals surface area contributed by atoms with Gasteiger partial charge < -0.3 is 10.1 Å². The van der Waals surface area contributed by atoms with Crippen LogP contribution in [0.25, 0.3) is 0 Å². The summed E-state index contributed by atoms with van der Waals surface area (Å²) in [6.07, 6.45) is 2.26. The van der Waals surface area contributed by atoms with Gasteiger partial charge >= 0.3 is 0 Å². The lowest BCUT2D eigenvalue weighted by Gasteiger charge is -2.28. The molecule has 1 aromatic rings. The number of aromatic nitrogens is 4. The second-order valence-electron chi connectivity index (χ2n) is 4.62. The average molecular weight is 239 g/mol. The molecule has 0 bridgehead atoms. The first-order valence-corrected chi connectivity index (χ1v) is 6.35. The van der Waals surface area contributed by atoms with Crippen molar-refractivity contribution in [3.63, 3.8) is 0 Å². The lowest BCUT2D eigenvalue weighted by atomic mass is 10.0. The third kappa shape index (κ3) is 2.81. The first kappa shape index (κ1) is 12.4. The van der Waals surface area contributed by atoms with Crippen molar-refractivity contribution in [1.82, 2.24) is 25.5 Å². The molecule has 0 aliphatic carbocycles. The minimum absolute atomic E-state index is 0.188. The summed E-state index contributed by atoms with van der Waals surface area (Å²) < 4.78 is 7.52. The molecular formula is C11H21N5O. The number of hydrogen-bond donors (Lipinski definition) is 1. The van der Waals surface area contributed by atoms with E-state index < -0.39 is 0 Å².